The van der Waals surface area contributed by atoms with Gasteiger partial charge in [0.25, 0.3) is 40.5 Å². The van der Waals surface area contributed by atoms with Crippen LogP contribution in [-0.2, 0) is 70.6 Å². The van der Waals surface area contributed by atoms with Gasteiger partial charge in [0.15, 0.2) is 9.84 Å². The monoisotopic (exact) mass is 845 g/mol. The van der Waals surface area contributed by atoms with Crippen molar-refractivity contribution in [3.8, 4) is 5.75 Å². The van der Waals surface area contributed by atoms with Crippen molar-refractivity contribution < 1.29 is 82.6 Å². The van der Waals surface area contributed by atoms with Gasteiger partial charge in [-0.25, -0.2) is 12.6 Å². The van der Waals surface area contributed by atoms with Gasteiger partial charge in [-0.05, 0) is 30.3 Å². The molecule has 0 aliphatic heterocycles. The first-order valence-electron chi connectivity index (χ1n) is 13.4. The van der Waals surface area contributed by atoms with Crippen molar-refractivity contribution in [3.05, 3.63) is 35.9 Å². The average Bonchev–Trinajstić information content (AvgIpc) is 2.96. The first kappa shape index (κ1) is 45.6. The maximum absolute atomic E-state index is 12.9. The molecule has 0 aliphatic rings. The molecule has 0 aliphatic carbocycles. The van der Waals surface area contributed by atoms with E-state index >= 15 is 0 Å². The van der Waals surface area contributed by atoms with Crippen LogP contribution in [0.25, 0.3) is 10.8 Å². The van der Waals surface area contributed by atoms with Crippen LogP contribution >= 0.6 is 0 Å². The molecule has 8 N–H and O–H groups in total. The Bertz CT molecular complexity index is 2520. The Morgan fingerprint density at radius 3 is 1.61 bits per heavy atom. The molecule has 0 saturated carbocycles. The predicted octanol–water partition coefficient (Wildman–Crippen LogP) is 2.32. The van der Waals surface area contributed by atoms with Gasteiger partial charge in [-0.1, -0.05) is 27.7 Å². The van der Waals surface area contributed by atoms with Crippen LogP contribution in [0.15, 0.2) is 60.1 Å². The van der Waals surface area contributed by atoms with Crippen molar-refractivity contribution in [2.75, 3.05) is 18.1 Å². The van der Waals surface area contributed by atoms with Crippen molar-refractivity contribution >= 4 is 88.5 Å². The number of benzene rings is 3. The van der Waals surface area contributed by atoms with E-state index in [2.05, 4.69) is 14.4 Å². The SMILES string of the molecule is CC.CC.Nc1ccc2c(O)c(CS(=O)(=O)O)c(S(=O)(=O)O)cc2c1N=Nc1cc(S(=O)(=O)CCOS(=O)(=O)O)c(S(=O)(=O)O)cc1S(=O)(=O)O. The summed E-state index contributed by atoms with van der Waals surface area (Å²) < 4.78 is 193. The van der Waals surface area contributed by atoms with Gasteiger partial charge in [0.2, 0.25) is 0 Å². The molecule has 0 spiro atoms. The van der Waals surface area contributed by atoms with Crippen LogP contribution in [0.4, 0.5) is 17.1 Å². The number of hydrogen-bond acceptors (Lipinski definition) is 17. The Balaban J connectivity index is 0.00000313. The van der Waals surface area contributed by atoms with Gasteiger partial charge in [0, 0.05) is 16.3 Å². The zero-order valence-electron chi connectivity index (χ0n) is 26.4. The molecule has 51 heavy (non-hydrogen) atoms. The number of nitrogen functional groups attached to an aromatic ring is 1. The number of azo groups is 1. The fourth-order valence-corrected chi connectivity index (χ4v) is 8.92. The van der Waals surface area contributed by atoms with Gasteiger partial charge in [-0.2, -0.15) is 42.1 Å². The van der Waals surface area contributed by atoms with E-state index in [9.17, 15) is 73.8 Å². The highest BCUT2D eigenvalue weighted by molar-refractivity contribution is 7.93. The number of nitrogens with zero attached hydrogens (tertiary/aromatic N) is 2. The second-order valence-corrected chi connectivity index (χ2v) is 17.8. The van der Waals surface area contributed by atoms with Crippen molar-refractivity contribution in [2.24, 2.45) is 10.2 Å². The van der Waals surface area contributed by atoms with E-state index in [1.54, 1.807) is 0 Å². The number of aromatic hydroxyl groups is 1. The standard InChI is InChI=1S/C19H19N3O19S6.2C2H6/c20-12-2-1-9-10(5-14(44(29,30)31)11(19(9)23)8-43(26,27)28)18(12)22-21-13-6-16(42(24,25)4-3-41-47(38,39)40)17(46(35,36)37)7-15(13)45(32,33)34;2*1-2/h1-2,5-7,23H,3-4,8,20H2,(H,26,27,28)(H,29,30,31)(H,32,33,34)(H,35,36,37)(H,38,39,40);2*1-2H3. The Morgan fingerprint density at radius 2 is 1.16 bits per heavy atom. The third kappa shape index (κ3) is 12.1. The largest absolute Gasteiger partial charge is 0.507 e. The molecule has 0 bridgehead atoms. The zero-order chi connectivity index (χ0) is 40.1. The van der Waals surface area contributed by atoms with Crippen LogP contribution in [0, 0.1) is 0 Å². The quantitative estimate of drug-likeness (QED) is 0.0781. The molecular formula is C23H31N3O19S6. The topological polar surface area (TPSA) is 386 Å². The van der Waals surface area contributed by atoms with Crippen LogP contribution in [0.2, 0.25) is 0 Å². The van der Waals surface area contributed by atoms with Crippen LogP contribution < -0.4 is 5.73 Å². The molecule has 0 heterocycles. The lowest BCUT2D eigenvalue weighted by atomic mass is 10.0. The molecule has 3 aromatic rings. The Morgan fingerprint density at radius 1 is 0.647 bits per heavy atom. The molecule has 22 nitrogen and oxygen atoms in total. The Labute approximate surface area is 292 Å². The minimum absolute atomic E-state index is 0.0636. The molecule has 0 fully saturated rings. The van der Waals surface area contributed by atoms with Crippen LogP contribution in [0.1, 0.15) is 33.3 Å². The lowest BCUT2D eigenvalue weighted by Gasteiger charge is -2.14. The van der Waals surface area contributed by atoms with E-state index in [4.69, 9.17) is 10.3 Å². The minimum atomic E-state index is -5.64. The average molecular weight is 846 g/mol. The molecule has 0 atom stereocenters. The predicted molar refractivity (Wildman–Crippen MR) is 178 cm³/mol. The summed E-state index contributed by atoms with van der Waals surface area (Å²) in [5, 5.41) is 16.7. The van der Waals surface area contributed by atoms with Gasteiger partial charge in [-0.15, -0.1) is 10.2 Å². The maximum atomic E-state index is 12.9. The molecule has 3 aromatic carbocycles. The maximum Gasteiger partial charge on any atom is 0.397 e. The summed E-state index contributed by atoms with van der Waals surface area (Å²) in [6.07, 6.45) is 0. The minimum Gasteiger partial charge on any atom is -0.507 e. The lowest BCUT2D eigenvalue weighted by Crippen LogP contribution is -2.18. The third-order valence-electron chi connectivity index (χ3n) is 5.72. The van der Waals surface area contributed by atoms with E-state index in [1.165, 1.54) is 0 Å². The highest BCUT2D eigenvalue weighted by Gasteiger charge is 2.31. The highest BCUT2D eigenvalue weighted by atomic mass is 32.3. The fourth-order valence-electron chi connectivity index (χ4n) is 3.86. The third-order valence-corrected chi connectivity index (χ3v) is 11.4. The number of hydrogen-bond donors (Lipinski definition) is 7. The summed E-state index contributed by atoms with van der Waals surface area (Å²) in [6.45, 7) is 6.68. The molecule has 28 heteroatoms. The number of phenols is 1. The normalized spacial score (nSPS) is 13.0. The van der Waals surface area contributed by atoms with E-state index in [-0.39, 0.29) is 12.1 Å². The summed E-state index contributed by atoms with van der Waals surface area (Å²) >= 11 is 0. The molecule has 0 radical (unpaired) electrons. The summed E-state index contributed by atoms with van der Waals surface area (Å²) in [7, 11) is -31.9. The van der Waals surface area contributed by atoms with Gasteiger partial charge in [0.05, 0.1) is 22.9 Å². The lowest BCUT2D eigenvalue weighted by molar-refractivity contribution is 0.283. The highest BCUT2D eigenvalue weighted by Crippen LogP contribution is 2.43. The molecule has 288 valence electrons. The molecule has 0 amide bonds. The first-order chi connectivity index (χ1) is 23.0. The summed E-state index contributed by atoms with van der Waals surface area (Å²) in [5.74, 6) is -4.08. The Hall–Kier alpha value is -3.42. The molecule has 3 rings (SSSR count). The van der Waals surface area contributed by atoms with Crippen LogP contribution in [0.3, 0.4) is 0 Å². The van der Waals surface area contributed by atoms with Crippen molar-refractivity contribution in [1.82, 2.24) is 0 Å². The van der Waals surface area contributed by atoms with E-state index in [1.807, 2.05) is 27.7 Å². The van der Waals surface area contributed by atoms with Crippen LogP contribution in [-0.4, -0.2) is 90.7 Å². The molecule has 0 saturated heterocycles. The second kappa shape index (κ2) is 16.5. The summed E-state index contributed by atoms with van der Waals surface area (Å²) in [4.78, 5) is -5.89. The van der Waals surface area contributed by atoms with Crippen molar-refractivity contribution in [1.29, 1.82) is 0 Å². The number of sulfone groups is 1. The van der Waals surface area contributed by atoms with Gasteiger partial charge in [0.1, 0.15) is 37.6 Å². The van der Waals surface area contributed by atoms with Gasteiger partial charge in [-0.3, -0.25) is 22.8 Å². The number of nitrogens with two attached hydrogens (primary N) is 1. The van der Waals surface area contributed by atoms with Crippen molar-refractivity contribution in [3.63, 3.8) is 0 Å². The van der Waals surface area contributed by atoms with Gasteiger partial charge >= 0.3 is 10.4 Å². The summed E-state index contributed by atoms with van der Waals surface area (Å²) in [5.41, 5.74) is 2.50. The number of fused-ring (bicyclic) bond motifs is 1. The second-order valence-electron chi connectivity index (χ2n) is 8.99. The smallest absolute Gasteiger partial charge is 0.397 e. The molecule has 0 unspecified atom stereocenters. The first-order valence-corrected chi connectivity index (χ1v) is 22.4. The Kier molecular flexibility index (Phi) is 14.8. The summed E-state index contributed by atoms with van der Waals surface area (Å²) in [6, 6.07) is 2.56. The fraction of sp³-hybridized carbons (Fsp3) is 0.304. The molecular weight excluding hydrogens is 815 g/mol. The molecule has 0 aromatic heterocycles. The van der Waals surface area contributed by atoms with Crippen LogP contribution in [0.5, 0.6) is 5.75 Å². The van der Waals surface area contributed by atoms with Crippen molar-refractivity contribution in [2.45, 2.75) is 53.0 Å². The van der Waals surface area contributed by atoms with Gasteiger partial charge < -0.3 is 10.8 Å². The van der Waals surface area contributed by atoms with E-state index in [0.717, 1.165) is 12.1 Å². The number of phenolic OH excluding ortho intramolecular Hbond substituents is 1. The number of anilines is 1. The number of rotatable bonds is 12. The van der Waals surface area contributed by atoms with E-state index in [0.29, 0.717) is 6.07 Å². The zero-order valence-corrected chi connectivity index (χ0v) is 31.3. The van der Waals surface area contributed by atoms with E-state index < -0.39 is 138 Å².